The predicted octanol–water partition coefficient (Wildman–Crippen LogP) is 1.07. The normalized spacial score (nSPS) is 23.7. The molecule has 0 spiro atoms. The van der Waals surface area contributed by atoms with Crippen LogP contribution in [0.1, 0.15) is 26.2 Å². The van der Waals surface area contributed by atoms with Crippen molar-refractivity contribution in [2.24, 2.45) is 5.92 Å². The monoisotopic (exact) mass is 230 g/mol. The Morgan fingerprint density at radius 1 is 1.38 bits per heavy atom. The summed E-state index contributed by atoms with van der Waals surface area (Å²) in [5.74, 6) is 0.243. The average molecular weight is 230 g/mol. The molecule has 0 bridgehead atoms. The third-order valence-corrected chi connectivity index (χ3v) is 2.77. The van der Waals surface area contributed by atoms with Crippen molar-refractivity contribution in [3.63, 3.8) is 0 Å². The van der Waals surface area contributed by atoms with E-state index in [1.54, 1.807) is 0 Å². The van der Waals surface area contributed by atoms with Gasteiger partial charge in [0.1, 0.15) is 0 Å². The van der Waals surface area contributed by atoms with Gasteiger partial charge in [0, 0.05) is 6.42 Å². The maximum atomic E-state index is 9.61. The Kier molecular flexibility index (Phi) is 5.98. The molecule has 2 N–H and O–H groups in total. The van der Waals surface area contributed by atoms with Crippen LogP contribution in [0.3, 0.4) is 0 Å². The van der Waals surface area contributed by atoms with E-state index < -0.39 is 12.2 Å². The fourth-order valence-corrected chi connectivity index (χ4v) is 1.81. The van der Waals surface area contributed by atoms with Gasteiger partial charge in [0.2, 0.25) is 0 Å². The summed E-state index contributed by atoms with van der Waals surface area (Å²) in [6, 6.07) is 0. The van der Waals surface area contributed by atoms with Crippen LogP contribution in [0.2, 0.25) is 0 Å². The molecular formula is C12H22O4. The maximum absolute atomic E-state index is 9.61. The van der Waals surface area contributed by atoms with Crippen LogP contribution >= 0.6 is 0 Å². The van der Waals surface area contributed by atoms with Gasteiger partial charge in [-0.1, -0.05) is 13.0 Å². The van der Waals surface area contributed by atoms with Crippen molar-refractivity contribution in [2.75, 3.05) is 13.2 Å². The molecule has 4 nitrogen and oxygen atoms in total. The second kappa shape index (κ2) is 7.01. The smallest absolute Gasteiger partial charge is 0.157 e. The summed E-state index contributed by atoms with van der Waals surface area (Å²) in [4.78, 5) is 0. The van der Waals surface area contributed by atoms with Crippen LogP contribution in [0.15, 0.2) is 12.7 Å². The highest BCUT2D eigenvalue weighted by molar-refractivity contribution is 4.85. The van der Waals surface area contributed by atoms with Gasteiger partial charge in [-0.05, 0) is 18.8 Å². The third kappa shape index (κ3) is 4.61. The minimum Gasteiger partial charge on any atom is -0.390 e. The Hall–Kier alpha value is -0.420. The molecule has 16 heavy (non-hydrogen) atoms. The Balaban J connectivity index is 2.23. The van der Waals surface area contributed by atoms with Gasteiger partial charge >= 0.3 is 0 Å². The van der Waals surface area contributed by atoms with E-state index in [0.717, 1.165) is 26.1 Å². The van der Waals surface area contributed by atoms with Crippen LogP contribution in [-0.4, -0.2) is 41.9 Å². The largest absolute Gasteiger partial charge is 0.390 e. The molecule has 0 aromatic rings. The summed E-state index contributed by atoms with van der Waals surface area (Å²) in [6.07, 6.45) is 1.81. The SMILES string of the molecule is C=C[C@@H](O)[C@@H](O)CC(C)CC1OCCCO1. The zero-order chi connectivity index (χ0) is 12.0. The van der Waals surface area contributed by atoms with E-state index in [1.165, 1.54) is 6.08 Å². The van der Waals surface area contributed by atoms with Crippen LogP contribution in [0.25, 0.3) is 0 Å². The second-order valence-corrected chi connectivity index (χ2v) is 4.39. The van der Waals surface area contributed by atoms with E-state index in [2.05, 4.69) is 6.58 Å². The summed E-state index contributed by atoms with van der Waals surface area (Å²) in [7, 11) is 0. The minimum atomic E-state index is -0.851. The minimum absolute atomic E-state index is 0.156. The quantitative estimate of drug-likeness (QED) is 0.670. The highest BCUT2D eigenvalue weighted by atomic mass is 16.7. The lowest BCUT2D eigenvalue weighted by atomic mass is 9.97. The third-order valence-electron chi connectivity index (χ3n) is 2.77. The number of hydrogen-bond acceptors (Lipinski definition) is 4. The summed E-state index contributed by atoms with van der Waals surface area (Å²) < 4.78 is 10.9. The van der Waals surface area contributed by atoms with Gasteiger partial charge < -0.3 is 19.7 Å². The molecule has 1 aliphatic heterocycles. The van der Waals surface area contributed by atoms with Gasteiger partial charge in [-0.3, -0.25) is 0 Å². The zero-order valence-corrected chi connectivity index (χ0v) is 9.84. The lowest BCUT2D eigenvalue weighted by Gasteiger charge is -2.27. The molecule has 0 amide bonds. The van der Waals surface area contributed by atoms with Crippen molar-refractivity contribution in [3.8, 4) is 0 Å². The van der Waals surface area contributed by atoms with Crippen LogP contribution < -0.4 is 0 Å². The fourth-order valence-electron chi connectivity index (χ4n) is 1.81. The fraction of sp³-hybridized carbons (Fsp3) is 0.833. The molecule has 1 saturated heterocycles. The van der Waals surface area contributed by atoms with Gasteiger partial charge in [-0.15, -0.1) is 6.58 Å². The highest BCUT2D eigenvalue weighted by Crippen LogP contribution is 2.19. The van der Waals surface area contributed by atoms with E-state index in [0.29, 0.717) is 6.42 Å². The molecule has 0 saturated carbocycles. The van der Waals surface area contributed by atoms with Gasteiger partial charge in [-0.25, -0.2) is 0 Å². The van der Waals surface area contributed by atoms with Crippen molar-refractivity contribution in [1.29, 1.82) is 0 Å². The van der Waals surface area contributed by atoms with E-state index in [4.69, 9.17) is 9.47 Å². The molecule has 4 heteroatoms. The second-order valence-electron chi connectivity index (χ2n) is 4.39. The van der Waals surface area contributed by atoms with Crippen molar-refractivity contribution >= 4 is 0 Å². The molecule has 1 fully saturated rings. The molecule has 0 aliphatic carbocycles. The average Bonchev–Trinajstić information content (AvgIpc) is 2.29. The molecule has 0 aromatic carbocycles. The maximum Gasteiger partial charge on any atom is 0.157 e. The van der Waals surface area contributed by atoms with Gasteiger partial charge in [0.05, 0.1) is 25.4 Å². The van der Waals surface area contributed by atoms with Crippen molar-refractivity contribution in [2.45, 2.75) is 44.7 Å². The summed E-state index contributed by atoms with van der Waals surface area (Å²) in [6.45, 7) is 6.95. The topological polar surface area (TPSA) is 58.9 Å². The number of rotatable bonds is 6. The van der Waals surface area contributed by atoms with Crippen molar-refractivity contribution in [3.05, 3.63) is 12.7 Å². The van der Waals surface area contributed by atoms with Crippen molar-refractivity contribution in [1.82, 2.24) is 0 Å². The Morgan fingerprint density at radius 3 is 2.56 bits per heavy atom. The summed E-state index contributed by atoms with van der Waals surface area (Å²) in [5, 5.41) is 19.0. The zero-order valence-electron chi connectivity index (χ0n) is 9.84. The first-order chi connectivity index (χ1) is 7.63. The van der Waals surface area contributed by atoms with E-state index in [1.807, 2.05) is 6.92 Å². The summed E-state index contributed by atoms with van der Waals surface area (Å²) in [5.41, 5.74) is 0. The molecule has 94 valence electrons. The van der Waals surface area contributed by atoms with Crippen LogP contribution in [-0.2, 0) is 9.47 Å². The van der Waals surface area contributed by atoms with E-state index in [9.17, 15) is 10.2 Å². The molecular weight excluding hydrogens is 208 g/mol. The highest BCUT2D eigenvalue weighted by Gasteiger charge is 2.21. The Labute approximate surface area is 96.9 Å². The van der Waals surface area contributed by atoms with Gasteiger partial charge in [0.15, 0.2) is 6.29 Å². The van der Waals surface area contributed by atoms with Gasteiger partial charge in [-0.2, -0.15) is 0 Å². The standard InChI is InChI=1S/C12H22O4/c1-3-10(13)11(14)7-9(2)8-12-15-5-4-6-16-12/h3,9-14H,1,4-8H2,2H3/t9?,10-,11+/m1/s1. The molecule has 0 aromatic heterocycles. The molecule has 1 unspecified atom stereocenters. The first-order valence-corrected chi connectivity index (χ1v) is 5.85. The first-order valence-electron chi connectivity index (χ1n) is 5.85. The number of aliphatic hydroxyl groups excluding tert-OH is 2. The molecule has 1 heterocycles. The lowest BCUT2D eigenvalue weighted by molar-refractivity contribution is -0.187. The predicted molar refractivity (Wildman–Crippen MR) is 60.9 cm³/mol. The van der Waals surface area contributed by atoms with Crippen LogP contribution in [0, 0.1) is 5.92 Å². The van der Waals surface area contributed by atoms with E-state index in [-0.39, 0.29) is 12.2 Å². The molecule has 1 aliphatic rings. The number of aliphatic hydroxyl groups is 2. The lowest BCUT2D eigenvalue weighted by Crippen LogP contribution is -2.30. The van der Waals surface area contributed by atoms with Gasteiger partial charge in [0.25, 0.3) is 0 Å². The molecule has 0 radical (unpaired) electrons. The van der Waals surface area contributed by atoms with Crippen LogP contribution in [0.5, 0.6) is 0 Å². The number of hydrogen-bond donors (Lipinski definition) is 2. The first kappa shape index (κ1) is 13.6. The number of ether oxygens (including phenoxy) is 2. The molecule has 1 rings (SSSR count). The van der Waals surface area contributed by atoms with E-state index >= 15 is 0 Å². The Bertz CT molecular complexity index is 201. The molecule has 3 atom stereocenters. The Morgan fingerprint density at radius 2 is 2.00 bits per heavy atom. The summed E-state index contributed by atoms with van der Waals surface area (Å²) >= 11 is 0. The van der Waals surface area contributed by atoms with Crippen LogP contribution in [0.4, 0.5) is 0 Å². The van der Waals surface area contributed by atoms with Crippen molar-refractivity contribution < 1.29 is 19.7 Å².